The van der Waals surface area contributed by atoms with Crippen LogP contribution in [-0.2, 0) is 0 Å². The van der Waals surface area contributed by atoms with E-state index in [1.807, 2.05) is 0 Å². The van der Waals surface area contributed by atoms with E-state index >= 15 is 0 Å². The van der Waals surface area contributed by atoms with Crippen molar-refractivity contribution in [2.24, 2.45) is 0 Å². The molecule has 0 amide bonds. The number of hydrogen-bond donors (Lipinski definition) is 0. The van der Waals surface area contributed by atoms with Crippen molar-refractivity contribution >= 4 is 17.6 Å². The average Bonchev–Trinajstić information content (AvgIpc) is 2.34. The first-order chi connectivity index (χ1) is 4.36. The summed E-state index contributed by atoms with van der Waals surface area (Å²) < 4.78 is 0. The first kappa shape index (κ1) is 5.99. The predicted molar refractivity (Wildman–Crippen MR) is 35.4 cm³/mol. The number of terminal acetylenes is 1. The van der Waals surface area contributed by atoms with Gasteiger partial charge in [-0.1, -0.05) is 0 Å². The minimum absolute atomic E-state index is 0.410. The van der Waals surface area contributed by atoms with Gasteiger partial charge in [0.1, 0.15) is 5.69 Å². The number of aldehydes is 1. The molecule has 1 aromatic heterocycles. The second kappa shape index (κ2) is 2.42. The van der Waals surface area contributed by atoms with Gasteiger partial charge in [-0.25, -0.2) is 4.98 Å². The maximum atomic E-state index is 10.0. The van der Waals surface area contributed by atoms with E-state index in [1.54, 1.807) is 5.38 Å². The first-order valence-corrected chi connectivity index (χ1v) is 3.12. The summed E-state index contributed by atoms with van der Waals surface area (Å²) in [7, 11) is 0. The van der Waals surface area contributed by atoms with E-state index in [1.165, 1.54) is 11.3 Å². The van der Waals surface area contributed by atoms with Crippen LogP contribution in [0.25, 0.3) is 0 Å². The zero-order valence-electron chi connectivity index (χ0n) is 4.50. The summed E-state index contributed by atoms with van der Waals surface area (Å²) in [5, 5.41) is 2.18. The van der Waals surface area contributed by atoms with Crippen LogP contribution in [0.3, 0.4) is 0 Å². The fraction of sp³-hybridized carbons (Fsp3) is 0. The van der Waals surface area contributed by atoms with Gasteiger partial charge in [-0.15, -0.1) is 17.8 Å². The number of rotatable bonds is 1. The molecule has 1 rings (SSSR count). The maximum Gasteiger partial charge on any atom is 0.169 e. The zero-order chi connectivity index (χ0) is 6.69. The molecule has 1 heterocycles. The van der Waals surface area contributed by atoms with Crippen molar-refractivity contribution in [1.82, 2.24) is 4.98 Å². The van der Waals surface area contributed by atoms with Gasteiger partial charge in [-0.3, -0.25) is 4.79 Å². The Balaban J connectivity index is 3.03. The van der Waals surface area contributed by atoms with Crippen molar-refractivity contribution in [3.63, 3.8) is 0 Å². The molecule has 44 valence electrons. The van der Waals surface area contributed by atoms with Crippen LogP contribution in [0.5, 0.6) is 0 Å². The Bertz CT molecular complexity index is 258. The molecule has 0 saturated heterocycles. The fourth-order valence-corrected chi connectivity index (χ4v) is 0.973. The molecule has 0 radical (unpaired) electrons. The van der Waals surface area contributed by atoms with Gasteiger partial charge >= 0.3 is 0 Å². The highest BCUT2D eigenvalue weighted by atomic mass is 32.1. The minimum Gasteiger partial charge on any atom is -0.296 e. The van der Waals surface area contributed by atoms with E-state index in [9.17, 15) is 4.79 Å². The van der Waals surface area contributed by atoms with Crippen molar-refractivity contribution in [2.45, 2.75) is 0 Å². The molecule has 0 atom stereocenters. The topological polar surface area (TPSA) is 30.0 Å². The van der Waals surface area contributed by atoms with Gasteiger partial charge in [0.2, 0.25) is 0 Å². The van der Waals surface area contributed by atoms with Crippen LogP contribution in [0.4, 0.5) is 0 Å². The normalized spacial score (nSPS) is 8.33. The summed E-state index contributed by atoms with van der Waals surface area (Å²) in [6, 6.07) is 0. The van der Waals surface area contributed by atoms with Crippen LogP contribution < -0.4 is 0 Å². The summed E-state index contributed by atoms with van der Waals surface area (Å²) in [6.45, 7) is 0. The number of aromatic nitrogens is 1. The Morgan fingerprint density at radius 2 is 2.67 bits per heavy atom. The van der Waals surface area contributed by atoms with E-state index < -0.39 is 0 Å². The van der Waals surface area contributed by atoms with Gasteiger partial charge in [0.15, 0.2) is 11.3 Å². The molecule has 3 heteroatoms. The highest BCUT2D eigenvalue weighted by Gasteiger charge is 1.94. The van der Waals surface area contributed by atoms with Crippen molar-refractivity contribution in [3.8, 4) is 12.3 Å². The first-order valence-electron chi connectivity index (χ1n) is 2.24. The van der Waals surface area contributed by atoms with Crippen LogP contribution in [0, 0.1) is 12.3 Å². The molecule has 0 fully saturated rings. The summed E-state index contributed by atoms with van der Waals surface area (Å²) in [5.41, 5.74) is 0.410. The number of nitrogens with zero attached hydrogens (tertiary/aromatic N) is 1. The second-order valence-electron chi connectivity index (χ2n) is 1.34. The molecule has 0 spiro atoms. The summed E-state index contributed by atoms with van der Waals surface area (Å²) >= 11 is 1.30. The van der Waals surface area contributed by atoms with E-state index in [-0.39, 0.29) is 0 Å². The predicted octanol–water partition coefficient (Wildman–Crippen LogP) is 0.937. The fourth-order valence-electron chi connectivity index (χ4n) is 0.407. The second-order valence-corrected chi connectivity index (χ2v) is 2.20. The molecule has 0 bridgehead atoms. The minimum atomic E-state index is 0.410. The van der Waals surface area contributed by atoms with Crippen molar-refractivity contribution < 1.29 is 4.79 Å². The third kappa shape index (κ3) is 1.15. The van der Waals surface area contributed by atoms with Crippen LogP contribution in [0.15, 0.2) is 5.38 Å². The summed E-state index contributed by atoms with van der Waals surface area (Å²) in [4.78, 5) is 13.8. The molecule has 2 nitrogen and oxygen atoms in total. The van der Waals surface area contributed by atoms with Crippen molar-refractivity contribution in [2.75, 3.05) is 0 Å². The lowest BCUT2D eigenvalue weighted by atomic mass is 10.6. The Labute approximate surface area is 56.5 Å². The monoisotopic (exact) mass is 137 g/mol. The van der Waals surface area contributed by atoms with Crippen LogP contribution in [0.1, 0.15) is 15.5 Å². The zero-order valence-corrected chi connectivity index (χ0v) is 5.31. The number of hydrogen-bond acceptors (Lipinski definition) is 3. The van der Waals surface area contributed by atoms with Crippen molar-refractivity contribution in [3.05, 3.63) is 16.1 Å². The summed E-state index contributed by atoms with van der Waals surface area (Å²) in [5.74, 6) is 2.33. The molecule has 0 N–H and O–H groups in total. The van der Waals surface area contributed by atoms with Gasteiger partial charge < -0.3 is 0 Å². The SMILES string of the molecule is C#Cc1nc(C=O)cs1. The molecule has 9 heavy (non-hydrogen) atoms. The van der Waals surface area contributed by atoms with Gasteiger partial charge in [0, 0.05) is 5.38 Å². The lowest BCUT2D eigenvalue weighted by molar-refractivity contribution is 0.111. The van der Waals surface area contributed by atoms with Gasteiger partial charge in [0.25, 0.3) is 0 Å². The van der Waals surface area contributed by atoms with E-state index in [2.05, 4.69) is 10.9 Å². The quantitative estimate of drug-likeness (QED) is 0.426. The van der Waals surface area contributed by atoms with E-state index in [0.29, 0.717) is 17.0 Å². The molecule has 0 saturated carbocycles. The lowest BCUT2D eigenvalue weighted by Gasteiger charge is -1.70. The van der Waals surface area contributed by atoms with E-state index in [0.717, 1.165) is 0 Å². The molecule has 0 aliphatic rings. The lowest BCUT2D eigenvalue weighted by Crippen LogP contribution is -1.77. The van der Waals surface area contributed by atoms with Gasteiger partial charge in [-0.2, -0.15) is 0 Å². The molecule has 0 aliphatic carbocycles. The van der Waals surface area contributed by atoms with Gasteiger partial charge in [-0.05, 0) is 5.92 Å². The van der Waals surface area contributed by atoms with E-state index in [4.69, 9.17) is 6.42 Å². The van der Waals surface area contributed by atoms with Crippen LogP contribution in [0.2, 0.25) is 0 Å². The standard InChI is InChI=1S/C6H3NOS/c1-2-6-7-5(3-8)4-9-6/h1,3-4H. The van der Waals surface area contributed by atoms with Gasteiger partial charge in [0.05, 0.1) is 0 Å². The van der Waals surface area contributed by atoms with Crippen LogP contribution in [-0.4, -0.2) is 11.3 Å². The molecular formula is C6H3NOS. The Morgan fingerprint density at radius 3 is 3.00 bits per heavy atom. The van der Waals surface area contributed by atoms with Crippen molar-refractivity contribution in [1.29, 1.82) is 0 Å². The third-order valence-electron chi connectivity index (χ3n) is 0.766. The Hall–Kier alpha value is -1.14. The Morgan fingerprint density at radius 1 is 1.89 bits per heavy atom. The molecular weight excluding hydrogens is 134 g/mol. The highest BCUT2D eigenvalue weighted by molar-refractivity contribution is 7.10. The largest absolute Gasteiger partial charge is 0.296 e. The molecule has 0 unspecified atom stereocenters. The molecule has 1 aromatic rings. The average molecular weight is 137 g/mol. The number of carbonyl (C=O) groups is 1. The summed E-state index contributed by atoms with van der Waals surface area (Å²) in [6.07, 6.45) is 5.68. The highest BCUT2D eigenvalue weighted by Crippen LogP contribution is 2.04. The van der Waals surface area contributed by atoms with Crippen LogP contribution >= 0.6 is 11.3 Å². The maximum absolute atomic E-state index is 10.0. The molecule has 0 aromatic carbocycles. The third-order valence-corrected chi connectivity index (χ3v) is 1.56. The number of thiazole rings is 1. The molecule has 0 aliphatic heterocycles. The number of carbonyl (C=O) groups excluding carboxylic acids is 1. The smallest absolute Gasteiger partial charge is 0.169 e. The Kier molecular flexibility index (Phi) is 1.61.